The minimum Gasteiger partial charge on any atom is -0.497 e. The van der Waals surface area contributed by atoms with Crippen molar-refractivity contribution in [2.75, 3.05) is 14.2 Å². The third-order valence-electron chi connectivity index (χ3n) is 3.08. The van der Waals surface area contributed by atoms with Gasteiger partial charge in [0.2, 0.25) is 5.91 Å². The van der Waals surface area contributed by atoms with Crippen LogP contribution in [0, 0.1) is 0 Å². The molecule has 0 unspecified atom stereocenters. The number of hydrogen-bond acceptors (Lipinski definition) is 3. The second-order valence-electron chi connectivity index (χ2n) is 4.09. The van der Waals surface area contributed by atoms with Crippen molar-refractivity contribution < 1.29 is 9.53 Å². The molecule has 2 atom stereocenters. The van der Waals surface area contributed by atoms with Gasteiger partial charge in [-0.25, -0.2) is 0 Å². The molecule has 4 nitrogen and oxygen atoms in total. The molecule has 1 aromatic carbocycles. The number of benzene rings is 1. The predicted molar refractivity (Wildman–Crippen MR) is 61.1 cm³/mol. The Hall–Kier alpha value is -1.55. The van der Waals surface area contributed by atoms with E-state index >= 15 is 0 Å². The largest absolute Gasteiger partial charge is 0.497 e. The number of ether oxygens (including phenoxy) is 1. The summed E-state index contributed by atoms with van der Waals surface area (Å²) in [5.74, 6) is 0.914. The van der Waals surface area contributed by atoms with Crippen LogP contribution in [0.4, 0.5) is 0 Å². The molecule has 1 heterocycles. The fraction of sp³-hybridized carbons (Fsp3) is 0.417. The first-order chi connectivity index (χ1) is 7.63. The lowest BCUT2D eigenvalue weighted by atomic mass is 10.0. The summed E-state index contributed by atoms with van der Waals surface area (Å²) in [4.78, 5) is 13.2. The summed E-state index contributed by atoms with van der Waals surface area (Å²) in [7, 11) is 3.43. The molecule has 0 aliphatic carbocycles. The third kappa shape index (κ3) is 1.76. The number of amides is 1. The van der Waals surface area contributed by atoms with Gasteiger partial charge in [-0.2, -0.15) is 0 Å². The molecular weight excluding hydrogens is 204 g/mol. The molecule has 1 aliphatic heterocycles. The Morgan fingerprint density at radius 3 is 2.44 bits per heavy atom. The van der Waals surface area contributed by atoms with Gasteiger partial charge < -0.3 is 15.4 Å². The Morgan fingerprint density at radius 1 is 1.38 bits per heavy atom. The molecular formula is C12H16N2O2. The van der Waals surface area contributed by atoms with Crippen molar-refractivity contribution in [1.82, 2.24) is 4.90 Å². The molecule has 0 bridgehead atoms. The van der Waals surface area contributed by atoms with E-state index in [1.807, 2.05) is 24.3 Å². The van der Waals surface area contributed by atoms with Gasteiger partial charge >= 0.3 is 0 Å². The third-order valence-corrected chi connectivity index (χ3v) is 3.08. The van der Waals surface area contributed by atoms with Crippen LogP contribution < -0.4 is 10.5 Å². The molecule has 2 N–H and O–H groups in total. The zero-order chi connectivity index (χ0) is 11.7. The molecule has 1 amide bonds. The van der Waals surface area contributed by atoms with Gasteiger partial charge in [-0.1, -0.05) is 12.1 Å². The second-order valence-corrected chi connectivity index (χ2v) is 4.09. The van der Waals surface area contributed by atoms with Gasteiger partial charge in [0.1, 0.15) is 5.75 Å². The fourth-order valence-electron chi connectivity index (χ4n) is 2.17. The van der Waals surface area contributed by atoms with Crippen LogP contribution in [-0.2, 0) is 4.79 Å². The van der Waals surface area contributed by atoms with Gasteiger partial charge in [-0.15, -0.1) is 0 Å². The standard InChI is InChI=1S/C12H16N2O2/c1-14-11(15)7-10(13)12(14)8-3-5-9(16-2)6-4-8/h3-6,10,12H,7,13H2,1-2H3/t10-,12+/m0/s1. The average molecular weight is 220 g/mol. The highest BCUT2D eigenvalue weighted by molar-refractivity contribution is 5.80. The summed E-state index contributed by atoms with van der Waals surface area (Å²) in [6.07, 6.45) is 0.424. The number of hydrogen-bond donors (Lipinski definition) is 1. The number of methoxy groups -OCH3 is 1. The lowest BCUT2D eigenvalue weighted by Gasteiger charge is -2.23. The molecule has 4 heteroatoms. The Labute approximate surface area is 95.0 Å². The molecule has 0 saturated carbocycles. The van der Waals surface area contributed by atoms with E-state index < -0.39 is 0 Å². The van der Waals surface area contributed by atoms with Crippen LogP contribution in [0.15, 0.2) is 24.3 Å². The Bertz CT molecular complexity index is 389. The summed E-state index contributed by atoms with van der Waals surface area (Å²) in [5, 5.41) is 0. The molecule has 2 rings (SSSR count). The lowest BCUT2D eigenvalue weighted by Crippen LogP contribution is -2.30. The molecule has 1 fully saturated rings. The lowest BCUT2D eigenvalue weighted by molar-refractivity contribution is -0.127. The van der Waals surface area contributed by atoms with Gasteiger partial charge in [0, 0.05) is 19.5 Å². The summed E-state index contributed by atoms with van der Waals surface area (Å²) < 4.78 is 5.09. The molecule has 1 aromatic rings. The number of carbonyl (C=O) groups is 1. The number of likely N-dealkylation sites (N-methyl/N-ethyl adjacent to an activating group) is 1. The normalized spacial score (nSPS) is 24.9. The van der Waals surface area contributed by atoms with Crippen molar-refractivity contribution in [1.29, 1.82) is 0 Å². The summed E-state index contributed by atoms with van der Waals surface area (Å²) >= 11 is 0. The summed E-state index contributed by atoms with van der Waals surface area (Å²) in [6, 6.07) is 7.55. The van der Waals surface area contributed by atoms with Crippen molar-refractivity contribution in [2.45, 2.75) is 18.5 Å². The van der Waals surface area contributed by atoms with Crippen LogP contribution in [0.3, 0.4) is 0 Å². The molecule has 86 valence electrons. The molecule has 1 aliphatic rings. The van der Waals surface area contributed by atoms with E-state index in [1.54, 1.807) is 19.1 Å². The van der Waals surface area contributed by atoms with Crippen LogP contribution in [0.2, 0.25) is 0 Å². The fourth-order valence-corrected chi connectivity index (χ4v) is 2.17. The van der Waals surface area contributed by atoms with E-state index in [-0.39, 0.29) is 18.0 Å². The van der Waals surface area contributed by atoms with Crippen LogP contribution in [0.1, 0.15) is 18.0 Å². The van der Waals surface area contributed by atoms with Crippen LogP contribution in [0.25, 0.3) is 0 Å². The highest BCUT2D eigenvalue weighted by Gasteiger charge is 2.35. The Morgan fingerprint density at radius 2 is 2.00 bits per heavy atom. The van der Waals surface area contributed by atoms with Gasteiger partial charge in [0.15, 0.2) is 0 Å². The van der Waals surface area contributed by atoms with E-state index in [9.17, 15) is 4.79 Å². The summed E-state index contributed by atoms with van der Waals surface area (Å²) in [5.41, 5.74) is 7.03. The van der Waals surface area contributed by atoms with Gasteiger partial charge in [0.25, 0.3) is 0 Å². The molecule has 1 saturated heterocycles. The SMILES string of the molecule is COc1ccc([C@@H]2[C@@H](N)CC(=O)N2C)cc1. The van der Waals surface area contributed by atoms with E-state index in [0.29, 0.717) is 6.42 Å². The average Bonchev–Trinajstić information content (AvgIpc) is 2.54. The van der Waals surface area contributed by atoms with E-state index in [1.165, 1.54) is 0 Å². The maximum atomic E-state index is 11.5. The van der Waals surface area contributed by atoms with Crippen molar-refractivity contribution in [3.63, 3.8) is 0 Å². The number of carbonyl (C=O) groups excluding carboxylic acids is 1. The number of nitrogens with two attached hydrogens (primary N) is 1. The maximum Gasteiger partial charge on any atom is 0.224 e. The first-order valence-corrected chi connectivity index (χ1v) is 5.28. The van der Waals surface area contributed by atoms with Gasteiger partial charge in [-0.05, 0) is 17.7 Å². The zero-order valence-corrected chi connectivity index (χ0v) is 9.51. The van der Waals surface area contributed by atoms with Gasteiger partial charge in [-0.3, -0.25) is 4.79 Å². The molecule has 0 radical (unpaired) electrons. The smallest absolute Gasteiger partial charge is 0.224 e. The highest BCUT2D eigenvalue weighted by atomic mass is 16.5. The van der Waals surface area contributed by atoms with Crippen LogP contribution in [-0.4, -0.2) is 31.0 Å². The molecule has 0 aromatic heterocycles. The van der Waals surface area contributed by atoms with Gasteiger partial charge in [0.05, 0.1) is 13.2 Å². The topological polar surface area (TPSA) is 55.6 Å². The van der Waals surface area contributed by atoms with E-state index in [4.69, 9.17) is 10.5 Å². The quantitative estimate of drug-likeness (QED) is 0.806. The second kappa shape index (κ2) is 4.14. The van der Waals surface area contributed by atoms with E-state index in [2.05, 4.69) is 0 Å². The first kappa shape index (κ1) is 11.0. The monoisotopic (exact) mass is 220 g/mol. The molecule has 16 heavy (non-hydrogen) atoms. The van der Waals surface area contributed by atoms with Crippen molar-refractivity contribution >= 4 is 5.91 Å². The van der Waals surface area contributed by atoms with E-state index in [0.717, 1.165) is 11.3 Å². The number of rotatable bonds is 2. The predicted octanol–water partition coefficient (Wildman–Crippen LogP) is 0.926. The van der Waals surface area contributed by atoms with Crippen molar-refractivity contribution in [2.24, 2.45) is 5.73 Å². The minimum atomic E-state index is -0.120. The summed E-state index contributed by atoms with van der Waals surface area (Å²) in [6.45, 7) is 0. The first-order valence-electron chi connectivity index (χ1n) is 5.28. The van der Waals surface area contributed by atoms with Crippen molar-refractivity contribution in [3.05, 3.63) is 29.8 Å². The van der Waals surface area contributed by atoms with Crippen LogP contribution in [0.5, 0.6) is 5.75 Å². The molecule has 0 spiro atoms. The van der Waals surface area contributed by atoms with Crippen LogP contribution >= 0.6 is 0 Å². The van der Waals surface area contributed by atoms with Crippen molar-refractivity contribution in [3.8, 4) is 5.75 Å². The Balaban J connectivity index is 2.26. The number of nitrogens with zero attached hydrogens (tertiary/aromatic N) is 1. The minimum absolute atomic E-state index is 0.0154. The zero-order valence-electron chi connectivity index (χ0n) is 9.51. The Kier molecular flexibility index (Phi) is 2.83. The highest BCUT2D eigenvalue weighted by Crippen LogP contribution is 2.31. The maximum absolute atomic E-state index is 11.5. The number of likely N-dealkylation sites (tertiary alicyclic amines) is 1.